The molecule has 0 nitrogen and oxygen atoms in total. The molecule has 0 atom stereocenters. The van der Waals surface area contributed by atoms with Gasteiger partial charge in [0.15, 0.2) is 0 Å². The summed E-state index contributed by atoms with van der Waals surface area (Å²) in [5, 5.41) is 15.8. The van der Waals surface area contributed by atoms with Gasteiger partial charge in [0.05, 0.1) is 0 Å². The minimum Gasteiger partial charge on any atom is -0.0683 e. The van der Waals surface area contributed by atoms with Crippen LogP contribution in [0, 0.1) is 41.5 Å². The lowest BCUT2D eigenvalue weighted by Gasteiger charge is -2.09. The Morgan fingerprint density at radius 1 is 0.0933 bits per heavy atom. The van der Waals surface area contributed by atoms with E-state index in [1.807, 2.05) is 332 Å². The number of hydrogen-bond donors (Lipinski definition) is 0. The fraction of sp³-hybridized carbons (Fsp3) is 0.360. The van der Waals surface area contributed by atoms with E-state index in [1.165, 1.54) is 165 Å². The average molecular weight is 2030 g/mol. The summed E-state index contributed by atoms with van der Waals surface area (Å²) >= 11 is 0. The quantitative estimate of drug-likeness (QED) is 0.156. The van der Waals surface area contributed by atoms with E-state index in [1.54, 1.807) is 0 Å². The second kappa shape index (κ2) is 122. The first-order chi connectivity index (χ1) is 74.1. The van der Waals surface area contributed by atoms with Crippen LogP contribution < -0.4 is 0 Å². The van der Waals surface area contributed by atoms with Gasteiger partial charge in [-0.1, -0.05) is 743 Å². The van der Waals surface area contributed by atoms with Gasteiger partial charge in [0, 0.05) is 0 Å². The van der Waals surface area contributed by atoms with Gasteiger partial charge in [-0.25, -0.2) is 0 Å². The lowest BCUT2D eigenvalue weighted by atomic mass is 9.96. The van der Waals surface area contributed by atoms with Gasteiger partial charge < -0.3 is 0 Å². The van der Waals surface area contributed by atoms with Gasteiger partial charge in [-0.2, -0.15) is 0 Å². The van der Waals surface area contributed by atoms with Crippen LogP contribution in [0.1, 0.15) is 366 Å². The Morgan fingerprint density at radius 3 is 0.500 bits per heavy atom. The number of hydrogen-bond acceptors (Lipinski definition) is 0. The molecule has 0 aliphatic heterocycles. The van der Waals surface area contributed by atoms with Crippen LogP contribution in [0.4, 0.5) is 0 Å². The molecule has 0 heterocycles. The van der Waals surface area contributed by atoms with Crippen molar-refractivity contribution in [2.75, 3.05) is 0 Å². The highest BCUT2D eigenvalue weighted by molar-refractivity contribution is 6.01. The van der Waals surface area contributed by atoms with Crippen LogP contribution in [0.2, 0.25) is 0 Å². The molecule has 0 unspecified atom stereocenters. The molecule has 0 radical (unpaired) electrons. The molecule has 0 aromatic heterocycles. The van der Waals surface area contributed by atoms with Crippen molar-refractivity contribution in [1.29, 1.82) is 0 Å². The summed E-state index contributed by atoms with van der Waals surface area (Å²) in [5.74, 6) is 0. The molecule has 18 aromatic carbocycles. The Labute approximate surface area is 932 Å². The lowest BCUT2D eigenvalue weighted by molar-refractivity contribution is 1.47. The first-order valence-corrected chi connectivity index (χ1v) is 59.4. The van der Waals surface area contributed by atoms with E-state index in [4.69, 9.17) is 0 Å². The molecule has 0 heteroatoms. The van der Waals surface area contributed by atoms with E-state index in [9.17, 15) is 0 Å². The molecule has 0 saturated carbocycles. The molecule has 828 valence electrons. The van der Waals surface area contributed by atoms with Crippen molar-refractivity contribution >= 4 is 64.6 Å². The maximum Gasteiger partial charge on any atom is -0.0103 e. The topological polar surface area (TPSA) is 0 Å². The molecule has 0 N–H and O–H groups in total. The molecule has 18 rings (SSSR count). The standard InChI is InChI=1S/6C17H14.24C2H6/c2*1-13-9-11-15(12-10-13)17-8-4-6-14-5-2-3-7-16(14)17;2*1-13-11-12-16(14-7-3-2-4-8-14)17-10-6-5-9-15(13)17;2*1-13-6-8-15(9-7-13)17-11-10-14-4-2-3-5-16(14)12-17;24*1-2/h6*2-12H,1H3;24*1-2H3. The van der Waals surface area contributed by atoms with Crippen molar-refractivity contribution in [3.8, 4) is 66.8 Å². The Morgan fingerprint density at radius 2 is 0.260 bits per heavy atom. The fourth-order valence-corrected chi connectivity index (χ4v) is 13.3. The number of fused-ring (bicyclic) bond motifs is 6. The van der Waals surface area contributed by atoms with Crippen molar-refractivity contribution in [3.05, 3.63) is 434 Å². The van der Waals surface area contributed by atoms with Crippen LogP contribution in [0.5, 0.6) is 0 Å². The normalized spacial score (nSPS) is 8.20. The van der Waals surface area contributed by atoms with Gasteiger partial charge in [-0.15, -0.1) is 0 Å². The number of benzene rings is 18. The second-order valence-corrected chi connectivity index (χ2v) is 26.3. The second-order valence-electron chi connectivity index (χ2n) is 26.3. The van der Waals surface area contributed by atoms with E-state index in [2.05, 4.69) is 442 Å². The summed E-state index contributed by atoms with van der Waals surface area (Å²) < 4.78 is 0. The van der Waals surface area contributed by atoms with E-state index < -0.39 is 0 Å². The molecule has 0 amide bonds. The SMILES string of the molecule is CC.CC.CC.CC.CC.CC.CC.CC.CC.CC.CC.CC.CC.CC.CC.CC.CC.CC.CC.CC.CC.CC.CC.CC.Cc1ccc(-c2ccc3ccccc3c2)cc1.Cc1ccc(-c2ccc3ccccc3c2)cc1.Cc1ccc(-c2cccc3ccccc23)cc1.Cc1ccc(-c2cccc3ccccc23)cc1.Cc1ccc(-c2ccccc2)c2ccccc12.Cc1ccc(-c2ccccc2)c2ccccc12. The average Bonchev–Trinajstić information content (AvgIpc) is 0.789. The Hall–Kier alpha value is -12.5. The third kappa shape index (κ3) is 62.9. The van der Waals surface area contributed by atoms with Crippen LogP contribution in [-0.4, -0.2) is 0 Å². The van der Waals surface area contributed by atoms with Crippen molar-refractivity contribution in [2.24, 2.45) is 0 Å². The number of rotatable bonds is 6. The summed E-state index contributed by atoms with van der Waals surface area (Å²) in [6.45, 7) is 109. The van der Waals surface area contributed by atoms with Crippen molar-refractivity contribution in [3.63, 3.8) is 0 Å². The molecule has 0 aliphatic rings. The van der Waals surface area contributed by atoms with E-state index in [0.717, 1.165) is 0 Å². The minimum absolute atomic E-state index is 1.28. The van der Waals surface area contributed by atoms with Gasteiger partial charge >= 0.3 is 0 Å². The van der Waals surface area contributed by atoms with Crippen molar-refractivity contribution < 1.29 is 0 Å². The summed E-state index contributed by atoms with van der Waals surface area (Å²) in [4.78, 5) is 0. The first kappa shape index (κ1) is 163. The van der Waals surface area contributed by atoms with Crippen LogP contribution in [0.15, 0.2) is 400 Å². The summed E-state index contributed by atoms with van der Waals surface area (Å²) in [7, 11) is 0. The zero-order valence-electron chi connectivity index (χ0n) is 107. The smallest absolute Gasteiger partial charge is 0.0103 e. The van der Waals surface area contributed by atoms with E-state index in [0.29, 0.717) is 0 Å². The van der Waals surface area contributed by atoms with Gasteiger partial charge in [0.25, 0.3) is 0 Å². The maximum atomic E-state index is 2.25. The van der Waals surface area contributed by atoms with Crippen molar-refractivity contribution in [2.45, 2.75) is 374 Å². The molecular formula is C150H228. The minimum atomic E-state index is 1.28. The predicted molar refractivity (Wildman–Crippen MR) is 717 cm³/mol. The van der Waals surface area contributed by atoms with Gasteiger partial charge in [0.1, 0.15) is 0 Å². The van der Waals surface area contributed by atoms with E-state index in [-0.39, 0.29) is 0 Å². The molecule has 150 heavy (non-hydrogen) atoms. The lowest BCUT2D eigenvalue weighted by Crippen LogP contribution is -1.83. The van der Waals surface area contributed by atoms with Gasteiger partial charge in [0.2, 0.25) is 0 Å². The van der Waals surface area contributed by atoms with Gasteiger partial charge in [-0.3, -0.25) is 0 Å². The fourth-order valence-electron chi connectivity index (χ4n) is 13.3. The largest absolute Gasteiger partial charge is 0.0683 e. The van der Waals surface area contributed by atoms with Crippen LogP contribution in [-0.2, 0) is 0 Å². The molecule has 0 spiro atoms. The van der Waals surface area contributed by atoms with Gasteiger partial charge in [-0.05, 0) is 196 Å². The molecule has 0 bridgehead atoms. The molecular weight excluding hydrogens is 1800 g/mol. The van der Waals surface area contributed by atoms with Crippen LogP contribution in [0.3, 0.4) is 0 Å². The van der Waals surface area contributed by atoms with Crippen LogP contribution in [0.25, 0.3) is 131 Å². The molecule has 0 fully saturated rings. The Balaban J connectivity index is -0.000000141. The Bertz CT molecular complexity index is 5380. The summed E-state index contributed by atoms with van der Waals surface area (Å²) in [5.41, 5.74) is 23.4. The first-order valence-electron chi connectivity index (χ1n) is 59.4. The molecule has 0 aliphatic carbocycles. The number of aryl methyl sites for hydroxylation is 6. The molecule has 0 saturated heterocycles. The highest BCUT2D eigenvalue weighted by Crippen LogP contribution is 2.35. The Kier molecular flexibility index (Phi) is 132. The highest BCUT2D eigenvalue weighted by atomic mass is 14.1. The predicted octanol–water partition coefficient (Wildman–Crippen LogP) is 53.5. The highest BCUT2D eigenvalue weighted by Gasteiger charge is 2.09. The van der Waals surface area contributed by atoms with Crippen molar-refractivity contribution in [1.82, 2.24) is 0 Å². The monoisotopic (exact) mass is 2030 g/mol. The summed E-state index contributed by atoms with van der Waals surface area (Å²) in [6.07, 6.45) is 0. The maximum absolute atomic E-state index is 2.25. The molecule has 18 aromatic rings. The zero-order chi connectivity index (χ0) is 118. The zero-order valence-corrected chi connectivity index (χ0v) is 107. The van der Waals surface area contributed by atoms with Crippen LogP contribution >= 0.6 is 0 Å². The summed E-state index contributed by atoms with van der Waals surface area (Å²) in [6, 6.07) is 142. The third-order valence-electron chi connectivity index (χ3n) is 19.0. The third-order valence-corrected chi connectivity index (χ3v) is 19.0. The van der Waals surface area contributed by atoms with E-state index >= 15 is 0 Å².